The molecule has 2 fully saturated rings. The number of urea groups is 1. The van der Waals surface area contributed by atoms with Gasteiger partial charge in [0.1, 0.15) is 5.52 Å². The van der Waals surface area contributed by atoms with Crippen LogP contribution in [-0.4, -0.2) is 41.1 Å². The van der Waals surface area contributed by atoms with E-state index in [0.717, 1.165) is 30.0 Å². The van der Waals surface area contributed by atoms with Crippen molar-refractivity contribution in [2.24, 2.45) is 5.92 Å². The third-order valence-corrected chi connectivity index (χ3v) is 6.12. The van der Waals surface area contributed by atoms with E-state index in [-0.39, 0.29) is 12.1 Å². The number of hydrogen-bond acceptors (Lipinski definition) is 4. The first-order valence-electron chi connectivity index (χ1n) is 10.3. The number of likely N-dealkylation sites (tertiary alicyclic amines) is 1. The molecular formula is C21H30N4O2. The second kappa shape index (κ2) is 7.89. The minimum atomic E-state index is -0.138. The van der Waals surface area contributed by atoms with Crippen LogP contribution in [-0.2, 0) is 0 Å². The Bertz CT molecular complexity index is 787. The standard InChI is InChI=1S/C21H30N4O2/c1-14-9-11-25(12-10-14)18-6-3-16(4-7-18)23-21(26)24-17-5-8-19-20(13-17)27-15(2)22-19/h5,8,13-14,16,18H,3-4,6-7,9-12H2,1-2H3,(H2,23,24,26). The van der Waals surface area contributed by atoms with Crippen LogP contribution in [0.1, 0.15) is 51.3 Å². The Balaban J connectivity index is 1.25. The summed E-state index contributed by atoms with van der Waals surface area (Å²) < 4.78 is 5.53. The highest BCUT2D eigenvalue weighted by atomic mass is 16.3. The lowest BCUT2D eigenvalue weighted by atomic mass is 9.88. The van der Waals surface area contributed by atoms with Gasteiger partial charge in [0.05, 0.1) is 0 Å². The molecule has 146 valence electrons. The molecule has 2 N–H and O–H groups in total. The number of aromatic nitrogens is 1. The van der Waals surface area contributed by atoms with E-state index >= 15 is 0 Å². The highest BCUT2D eigenvalue weighted by Gasteiger charge is 2.28. The average molecular weight is 370 g/mol. The number of nitrogens with zero attached hydrogens (tertiary/aromatic N) is 2. The summed E-state index contributed by atoms with van der Waals surface area (Å²) in [5.41, 5.74) is 2.23. The van der Waals surface area contributed by atoms with Crippen LogP contribution in [0, 0.1) is 12.8 Å². The number of carbonyl (C=O) groups is 1. The van der Waals surface area contributed by atoms with Gasteiger partial charge in [-0.05, 0) is 69.7 Å². The summed E-state index contributed by atoms with van der Waals surface area (Å²) in [6.45, 7) is 6.67. The van der Waals surface area contributed by atoms with E-state index in [0.29, 0.717) is 17.5 Å². The van der Waals surface area contributed by atoms with E-state index in [1.165, 1.54) is 38.8 Å². The zero-order chi connectivity index (χ0) is 18.8. The van der Waals surface area contributed by atoms with E-state index in [4.69, 9.17) is 4.42 Å². The van der Waals surface area contributed by atoms with Crippen molar-refractivity contribution >= 4 is 22.8 Å². The highest BCUT2D eigenvalue weighted by Crippen LogP contribution is 2.27. The average Bonchev–Trinajstić information content (AvgIpc) is 3.02. The Labute approximate surface area is 160 Å². The van der Waals surface area contributed by atoms with Gasteiger partial charge in [-0.1, -0.05) is 6.92 Å². The topological polar surface area (TPSA) is 70.4 Å². The number of hydrogen-bond donors (Lipinski definition) is 2. The van der Waals surface area contributed by atoms with Crippen LogP contribution in [0.4, 0.5) is 10.5 Å². The van der Waals surface area contributed by atoms with Crippen molar-refractivity contribution in [2.75, 3.05) is 18.4 Å². The van der Waals surface area contributed by atoms with Crippen LogP contribution in [0.3, 0.4) is 0 Å². The van der Waals surface area contributed by atoms with Gasteiger partial charge in [-0.3, -0.25) is 0 Å². The number of amides is 2. The minimum absolute atomic E-state index is 0.138. The maximum Gasteiger partial charge on any atom is 0.319 e. The summed E-state index contributed by atoms with van der Waals surface area (Å²) in [4.78, 5) is 19.3. The van der Waals surface area contributed by atoms with Crippen molar-refractivity contribution in [3.63, 3.8) is 0 Å². The van der Waals surface area contributed by atoms with E-state index in [2.05, 4.69) is 27.4 Å². The molecule has 0 unspecified atom stereocenters. The van der Waals surface area contributed by atoms with Crippen molar-refractivity contribution in [1.29, 1.82) is 0 Å². The zero-order valence-corrected chi connectivity index (χ0v) is 16.3. The molecule has 0 spiro atoms. The molecule has 2 heterocycles. The summed E-state index contributed by atoms with van der Waals surface area (Å²) >= 11 is 0. The predicted octanol–water partition coefficient (Wildman–Crippen LogP) is 4.30. The molecule has 4 rings (SSSR count). The molecule has 2 aliphatic rings. The molecule has 1 aromatic carbocycles. The predicted molar refractivity (Wildman–Crippen MR) is 107 cm³/mol. The molecule has 6 heteroatoms. The Morgan fingerprint density at radius 3 is 2.63 bits per heavy atom. The van der Waals surface area contributed by atoms with Crippen LogP contribution >= 0.6 is 0 Å². The van der Waals surface area contributed by atoms with Crippen molar-refractivity contribution in [3.8, 4) is 0 Å². The lowest BCUT2D eigenvalue weighted by molar-refractivity contribution is 0.104. The number of carbonyl (C=O) groups excluding carboxylic acids is 1. The van der Waals surface area contributed by atoms with Crippen molar-refractivity contribution < 1.29 is 9.21 Å². The SMILES string of the molecule is Cc1nc2ccc(NC(=O)NC3CCC(N4CCC(C)CC4)CC3)cc2o1. The third-order valence-electron chi connectivity index (χ3n) is 6.12. The molecule has 0 atom stereocenters. The lowest BCUT2D eigenvalue weighted by Gasteiger charge is -2.40. The summed E-state index contributed by atoms with van der Waals surface area (Å²) in [6.07, 6.45) is 7.14. The van der Waals surface area contributed by atoms with Crippen LogP contribution < -0.4 is 10.6 Å². The van der Waals surface area contributed by atoms with Crippen molar-refractivity contribution in [2.45, 2.75) is 64.5 Å². The number of anilines is 1. The van der Waals surface area contributed by atoms with Crippen molar-refractivity contribution in [1.82, 2.24) is 15.2 Å². The summed E-state index contributed by atoms with van der Waals surface area (Å²) in [5.74, 6) is 1.51. The van der Waals surface area contributed by atoms with E-state index < -0.39 is 0 Å². The number of piperidine rings is 1. The second-order valence-corrected chi connectivity index (χ2v) is 8.24. The number of rotatable bonds is 3. The molecule has 1 aromatic heterocycles. The van der Waals surface area contributed by atoms with Crippen LogP contribution in [0.15, 0.2) is 22.6 Å². The van der Waals surface area contributed by atoms with Gasteiger partial charge in [0, 0.05) is 30.8 Å². The van der Waals surface area contributed by atoms with E-state index in [1.54, 1.807) is 0 Å². The first-order chi connectivity index (χ1) is 13.1. The quantitative estimate of drug-likeness (QED) is 0.845. The van der Waals surface area contributed by atoms with Crippen LogP contribution in [0.2, 0.25) is 0 Å². The molecule has 1 saturated heterocycles. The van der Waals surface area contributed by atoms with E-state index in [1.807, 2.05) is 25.1 Å². The molecule has 0 radical (unpaired) electrons. The van der Waals surface area contributed by atoms with Gasteiger partial charge in [-0.15, -0.1) is 0 Å². The largest absolute Gasteiger partial charge is 0.441 e. The Morgan fingerprint density at radius 2 is 1.89 bits per heavy atom. The zero-order valence-electron chi connectivity index (χ0n) is 16.3. The van der Waals surface area contributed by atoms with E-state index in [9.17, 15) is 4.79 Å². The van der Waals surface area contributed by atoms with Gasteiger partial charge in [0.2, 0.25) is 0 Å². The van der Waals surface area contributed by atoms with Gasteiger partial charge in [-0.2, -0.15) is 0 Å². The summed E-state index contributed by atoms with van der Waals surface area (Å²) in [7, 11) is 0. The molecular weight excluding hydrogens is 340 g/mol. The second-order valence-electron chi connectivity index (χ2n) is 8.24. The monoisotopic (exact) mass is 370 g/mol. The minimum Gasteiger partial charge on any atom is -0.441 e. The Hall–Kier alpha value is -2.08. The maximum atomic E-state index is 12.4. The fourth-order valence-corrected chi connectivity index (χ4v) is 4.45. The van der Waals surface area contributed by atoms with Crippen molar-refractivity contribution in [3.05, 3.63) is 24.1 Å². The van der Waals surface area contributed by atoms with Crippen LogP contribution in [0.5, 0.6) is 0 Å². The third kappa shape index (κ3) is 4.43. The fraction of sp³-hybridized carbons (Fsp3) is 0.619. The smallest absolute Gasteiger partial charge is 0.319 e. The number of fused-ring (bicyclic) bond motifs is 1. The molecule has 6 nitrogen and oxygen atoms in total. The first-order valence-corrected chi connectivity index (χ1v) is 10.3. The van der Waals surface area contributed by atoms with Gasteiger partial charge in [-0.25, -0.2) is 9.78 Å². The summed E-state index contributed by atoms with van der Waals surface area (Å²) in [5, 5.41) is 6.06. The Kier molecular flexibility index (Phi) is 5.34. The molecule has 1 saturated carbocycles. The lowest BCUT2D eigenvalue weighted by Crippen LogP contribution is -2.47. The molecule has 2 aromatic rings. The number of nitrogens with one attached hydrogen (secondary N) is 2. The maximum absolute atomic E-state index is 12.4. The van der Waals surface area contributed by atoms with Crippen LogP contribution in [0.25, 0.3) is 11.1 Å². The number of benzene rings is 1. The fourth-order valence-electron chi connectivity index (χ4n) is 4.45. The van der Waals surface area contributed by atoms with Gasteiger partial charge >= 0.3 is 6.03 Å². The molecule has 27 heavy (non-hydrogen) atoms. The van der Waals surface area contributed by atoms with Gasteiger partial charge in [0.25, 0.3) is 0 Å². The van der Waals surface area contributed by atoms with Gasteiger partial charge < -0.3 is 20.0 Å². The van der Waals surface area contributed by atoms with Gasteiger partial charge in [0.15, 0.2) is 11.5 Å². The number of aryl methyl sites for hydroxylation is 1. The molecule has 1 aliphatic heterocycles. The highest BCUT2D eigenvalue weighted by molar-refractivity contribution is 5.91. The number of oxazole rings is 1. The normalized spacial score (nSPS) is 24.8. The molecule has 2 amide bonds. The first kappa shape index (κ1) is 18.3. The molecule has 1 aliphatic carbocycles. The Morgan fingerprint density at radius 1 is 1.15 bits per heavy atom. The summed E-state index contributed by atoms with van der Waals surface area (Å²) in [6, 6.07) is 6.38. The molecule has 0 bridgehead atoms.